The number of amides is 2. The van der Waals surface area contributed by atoms with Crippen molar-refractivity contribution in [1.82, 2.24) is 15.2 Å². The third kappa shape index (κ3) is 5.95. The molecule has 2 aromatic rings. The molecule has 1 aliphatic rings. The number of carbonyl (C=O) groups excluding carboxylic acids is 2. The number of nitrogens with two attached hydrogens (primary N) is 1. The number of rotatable bonds is 8. The van der Waals surface area contributed by atoms with Gasteiger partial charge in [0.05, 0.1) is 17.5 Å². The first-order chi connectivity index (χ1) is 14.0. The van der Waals surface area contributed by atoms with E-state index in [2.05, 4.69) is 15.6 Å². The van der Waals surface area contributed by atoms with Gasteiger partial charge in [-0.15, -0.1) is 11.8 Å². The van der Waals surface area contributed by atoms with Gasteiger partial charge in [0.1, 0.15) is 5.82 Å². The number of nitrogens with zero attached hydrogens (tertiary/aromatic N) is 2. The Morgan fingerprint density at radius 3 is 2.93 bits per heavy atom. The zero-order valence-corrected chi connectivity index (χ0v) is 17.4. The van der Waals surface area contributed by atoms with Gasteiger partial charge in [0.25, 0.3) is 5.91 Å². The Kier molecular flexibility index (Phi) is 7.48. The van der Waals surface area contributed by atoms with Gasteiger partial charge in [-0.3, -0.25) is 9.59 Å². The van der Waals surface area contributed by atoms with Gasteiger partial charge in [-0.2, -0.15) is 0 Å². The molecule has 0 saturated carbocycles. The molecule has 1 fully saturated rings. The van der Waals surface area contributed by atoms with E-state index in [9.17, 15) is 9.59 Å². The minimum atomic E-state index is -0.512. The van der Waals surface area contributed by atoms with E-state index in [0.29, 0.717) is 30.8 Å². The highest BCUT2D eigenvalue weighted by Crippen LogP contribution is 2.19. The summed E-state index contributed by atoms with van der Waals surface area (Å²) in [5.74, 6) is 2.00. The van der Waals surface area contributed by atoms with Crippen molar-refractivity contribution in [3.63, 3.8) is 0 Å². The predicted octanol–water partition coefficient (Wildman–Crippen LogP) is 2.50. The lowest BCUT2D eigenvalue weighted by atomic mass is 10.1. The SMILES string of the molecule is Cc1cccc(Nc2ncccc2C(=O)NCCC[C@H](N)C(=O)N2CCSC2)c1. The Morgan fingerprint density at radius 1 is 1.31 bits per heavy atom. The molecule has 0 radical (unpaired) electrons. The maximum Gasteiger partial charge on any atom is 0.255 e. The van der Waals surface area contributed by atoms with E-state index < -0.39 is 6.04 Å². The molecule has 0 bridgehead atoms. The molecule has 1 aromatic carbocycles. The molecule has 7 nitrogen and oxygen atoms in total. The van der Waals surface area contributed by atoms with Gasteiger partial charge in [0.2, 0.25) is 5.91 Å². The Morgan fingerprint density at radius 2 is 2.17 bits per heavy atom. The zero-order valence-electron chi connectivity index (χ0n) is 16.6. The van der Waals surface area contributed by atoms with Gasteiger partial charge < -0.3 is 21.3 Å². The number of pyridine rings is 1. The smallest absolute Gasteiger partial charge is 0.255 e. The maximum atomic E-state index is 12.6. The number of carbonyl (C=O) groups is 2. The van der Waals surface area contributed by atoms with E-state index in [1.165, 1.54) is 0 Å². The number of aryl methyl sites for hydroxylation is 1. The topological polar surface area (TPSA) is 100 Å². The molecular weight excluding hydrogens is 386 g/mol. The highest BCUT2D eigenvalue weighted by molar-refractivity contribution is 7.99. The first-order valence-electron chi connectivity index (χ1n) is 9.73. The highest BCUT2D eigenvalue weighted by atomic mass is 32.2. The molecular formula is C21H27N5O2S. The van der Waals surface area contributed by atoms with Crippen LogP contribution in [0.4, 0.5) is 11.5 Å². The molecule has 1 saturated heterocycles. The van der Waals surface area contributed by atoms with Crippen LogP contribution in [0.3, 0.4) is 0 Å². The van der Waals surface area contributed by atoms with Crippen molar-refractivity contribution in [2.45, 2.75) is 25.8 Å². The molecule has 29 heavy (non-hydrogen) atoms. The van der Waals surface area contributed by atoms with Gasteiger partial charge in [-0.25, -0.2) is 4.98 Å². The fraction of sp³-hybridized carbons (Fsp3) is 0.381. The average molecular weight is 414 g/mol. The monoisotopic (exact) mass is 413 g/mol. The standard InChI is InChI=1S/C21H27N5O2S/c1-15-5-2-6-16(13-15)25-19-17(7-3-9-23-19)20(27)24-10-4-8-18(22)21(28)26-11-12-29-14-26/h2-3,5-7,9,13,18H,4,8,10-12,14,22H2,1H3,(H,23,25)(H,24,27)/t18-/m0/s1. The van der Waals surface area contributed by atoms with Crippen LogP contribution in [0, 0.1) is 6.92 Å². The molecule has 154 valence electrons. The van der Waals surface area contributed by atoms with Crippen molar-refractivity contribution in [3.8, 4) is 0 Å². The summed E-state index contributed by atoms with van der Waals surface area (Å²) in [7, 11) is 0. The normalized spacial score (nSPS) is 14.5. The fourth-order valence-corrected chi connectivity index (χ4v) is 4.07. The summed E-state index contributed by atoms with van der Waals surface area (Å²) >= 11 is 1.74. The molecule has 4 N–H and O–H groups in total. The lowest BCUT2D eigenvalue weighted by Crippen LogP contribution is -2.42. The molecule has 2 amide bonds. The second kappa shape index (κ2) is 10.3. The summed E-state index contributed by atoms with van der Waals surface area (Å²) in [6.07, 6.45) is 2.83. The van der Waals surface area contributed by atoms with Gasteiger partial charge in [0, 0.05) is 30.7 Å². The van der Waals surface area contributed by atoms with Crippen LogP contribution >= 0.6 is 11.8 Å². The van der Waals surface area contributed by atoms with E-state index in [4.69, 9.17) is 5.73 Å². The van der Waals surface area contributed by atoms with Crippen molar-refractivity contribution in [2.75, 3.05) is 30.0 Å². The molecule has 1 aliphatic heterocycles. The molecule has 0 aliphatic carbocycles. The first-order valence-corrected chi connectivity index (χ1v) is 10.9. The summed E-state index contributed by atoms with van der Waals surface area (Å²) < 4.78 is 0. The van der Waals surface area contributed by atoms with Gasteiger partial charge in [0.15, 0.2) is 0 Å². The number of benzene rings is 1. The molecule has 1 aromatic heterocycles. The second-order valence-corrected chi connectivity index (χ2v) is 8.11. The highest BCUT2D eigenvalue weighted by Gasteiger charge is 2.23. The zero-order chi connectivity index (χ0) is 20.6. The van der Waals surface area contributed by atoms with Crippen molar-refractivity contribution < 1.29 is 9.59 Å². The second-order valence-electron chi connectivity index (χ2n) is 7.04. The number of nitrogens with one attached hydrogen (secondary N) is 2. The number of thioether (sulfide) groups is 1. The van der Waals surface area contributed by atoms with Gasteiger partial charge in [-0.1, -0.05) is 12.1 Å². The summed E-state index contributed by atoms with van der Waals surface area (Å²) in [5.41, 5.74) is 8.49. The third-order valence-corrected chi connectivity index (χ3v) is 5.66. The molecule has 1 atom stereocenters. The van der Waals surface area contributed by atoms with E-state index in [-0.39, 0.29) is 11.8 Å². The minimum absolute atomic E-state index is 0.00164. The van der Waals surface area contributed by atoms with E-state index >= 15 is 0 Å². The van der Waals surface area contributed by atoms with Crippen LogP contribution in [0.1, 0.15) is 28.8 Å². The fourth-order valence-electron chi connectivity index (χ4n) is 3.11. The lowest BCUT2D eigenvalue weighted by Gasteiger charge is -2.19. The predicted molar refractivity (Wildman–Crippen MR) is 117 cm³/mol. The van der Waals surface area contributed by atoms with Crippen LogP contribution in [-0.2, 0) is 4.79 Å². The average Bonchev–Trinajstić information content (AvgIpc) is 3.25. The quantitative estimate of drug-likeness (QED) is 0.575. The van der Waals surface area contributed by atoms with Gasteiger partial charge >= 0.3 is 0 Å². The summed E-state index contributed by atoms with van der Waals surface area (Å²) in [6.45, 7) is 3.23. The van der Waals surface area contributed by atoms with Crippen LogP contribution in [-0.4, -0.2) is 52.5 Å². The maximum absolute atomic E-state index is 12.6. The molecule has 0 spiro atoms. The Hall–Kier alpha value is -2.58. The molecule has 3 rings (SSSR count). The van der Waals surface area contributed by atoms with Crippen LogP contribution in [0.5, 0.6) is 0 Å². The van der Waals surface area contributed by atoms with Crippen LogP contribution < -0.4 is 16.4 Å². The van der Waals surface area contributed by atoms with E-state index in [0.717, 1.165) is 29.4 Å². The Balaban J connectivity index is 1.50. The van der Waals surface area contributed by atoms with Crippen LogP contribution in [0.15, 0.2) is 42.6 Å². The molecule has 2 heterocycles. The third-order valence-electron chi connectivity index (χ3n) is 4.69. The minimum Gasteiger partial charge on any atom is -0.352 e. The summed E-state index contributed by atoms with van der Waals surface area (Å²) in [6, 6.07) is 10.8. The van der Waals surface area contributed by atoms with Crippen LogP contribution in [0.25, 0.3) is 0 Å². The summed E-state index contributed by atoms with van der Waals surface area (Å²) in [4.78, 5) is 30.9. The van der Waals surface area contributed by atoms with Gasteiger partial charge in [-0.05, 0) is 49.6 Å². The molecule has 0 unspecified atom stereocenters. The number of aromatic nitrogens is 1. The Labute approximate surface area is 175 Å². The number of anilines is 2. The van der Waals surface area contributed by atoms with Crippen molar-refractivity contribution >= 4 is 35.1 Å². The number of hydrogen-bond donors (Lipinski definition) is 3. The molecule has 8 heteroatoms. The first kappa shape index (κ1) is 21.1. The van der Waals surface area contributed by atoms with Crippen molar-refractivity contribution in [1.29, 1.82) is 0 Å². The Bertz CT molecular complexity index is 854. The summed E-state index contributed by atoms with van der Waals surface area (Å²) in [5, 5.41) is 6.10. The van der Waals surface area contributed by atoms with E-state index in [1.807, 2.05) is 31.2 Å². The van der Waals surface area contributed by atoms with Crippen molar-refractivity contribution in [3.05, 3.63) is 53.7 Å². The lowest BCUT2D eigenvalue weighted by molar-refractivity contribution is -0.131. The van der Waals surface area contributed by atoms with E-state index in [1.54, 1.807) is 35.0 Å². The largest absolute Gasteiger partial charge is 0.352 e. The number of hydrogen-bond acceptors (Lipinski definition) is 6. The van der Waals surface area contributed by atoms with Crippen molar-refractivity contribution in [2.24, 2.45) is 5.73 Å². The van der Waals surface area contributed by atoms with Crippen LogP contribution in [0.2, 0.25) is 0 Å².